The molecular weight excluding hydrogens is 260 g/mol. The first-order valence-corrected chi connectivity index (χ1v) is 7.82. The van der Waals surface area contributed by atoms with Crippen LogP contribution in [0, 0.1) is 11.8 Å². The monoisotopic (exact) mass is 282 g/mol. The largest absolute Gasteiger partial charge is 0.372 e. The second-order valence-electron chi connectivity index (χ2n) is 6.42. The highest BCUT2D eigenvalue weighted by Crippen LogP contribution is 2.57. The number of hydrogen-bond acceptors (Lipinski definition) is 2. The Labute approximate surface area is 126 Å². The number of rotatable bonds is 2. The summed E-state index contributed by atoms with van der Waals surface area (Å²) in [5.41, 5.74) is 7.04. The summed E-state index contributed by atoms with van der Waals surface area (Å²) in [7, 11) is 3.67. The van der Waals surface area contributed by atoms with Crippen molar-refractivity contribution in [1.82, 2.24) is 0 Å². The van der Waals surface area contributed by atoms with E-state index >= 15 is 0 Å². The normalized spacial score (nSPS) is 33.6. The van der Waals surface area contributed by atoms with Crippen molar-refractivity contribution in [3.63, 3.8) is 0 Å². The van der Waals surface area contributed by atoms with E-state index in [4.69, 9.17) is 9.47 Å². The minimum Gasteiger partial charge on any atom is -0.372 e. The summed E-state index contributed by atoms with van der Waals surface area (Å²) >= 11 is 0. The van der Waals surface area contributed by atoms with Gasteiger partial charge >= 0.3 is 0 Å². The molecule has 0 aliphatic heterocycles. The van der Waals surface area contributed by atoms with Gasteiger partial charge in [0.05, 0.1) is 0 Å². The van der Waals surface area contributed by atoms with Crippen LogP contribution in [0.2, 0.25) is 0 Å². The predicted molar refractivity (Wildman–Crippen MR) is 82.9 cm³/mol. The number of methoxy groups -OCH3 is 2. The van der Waals surface area contributed by atoms with Crippen molar-refractivity contribution in [2.75, 3.05) is 14.2 Å². The van der Waals surface area contributed by atoms with Crippen molar-refractivity contribution in [2.24, 2.45) is 11.8 Å². The lowest BCUT2D eigenvalue weighted by atomic mass is 9.61. The fourth-order valence-corrected chi connectivity index (χ4v) is 4.66. The van der Waals surface area contributed by atoms with E-state index in [2.05, 4.69) is 37.3 Å². The Morgan fingerprint density at radius 3 is 2.10 bits per heavy atom. The van der Waals surface area contributed by atoms with Gasteiger partial charge < -0.3 is 9.47 Å². The molecule has 4 aliphatic carbocycles. The molecule has 0 spiro atoms. The number of allylic oxidation sites excluding steroid dienone is 2. The molecule has 1 aromatic rings. The van der Waals surface area contributed by atoms with Crippen molar-refractivity contribution in [1.29, 1.82) is 0 Å². The van der Waals surface area contributed by atoms with Crippen LogP contribution in [0.3, 0.4) is 0 Å². The smallest absolute Gasteiger partial charge is 0.105 e. The molecule has 0 radical (unpaired) electrons. The Bertz CT molecular complexity index is 641. The maximum Gasteiger partial charge on any atom is 0.105 e. The summed E-state index contributed by atoms with van der Waals surface area (Å²) in [6.45, 7) is 2.27. The fourth-order valence-electron chi connectivity index (χ4n) is 4.66. The van der Waals surface area contributed by atoms with E-state index in [9.17, 15) is 0 Å². The second-order valence-corrected chi connectivity index (χ2v) is 6.42. The number of fused-ring (bicyclic) bond motifs is 2. The molecule has 0 N–H and O–H groups in total. The average molecular weight is 282 g/mol. The molecule has 2 bridgehead atoms. The summed E-state index contributed by atoms with van der Waals surface area (Å²) in [5.74, 6) is 1.07. The highest BCUT2D eigenvalue weighted by atomic mass is 16.5. The fraction of sp³-hybridized carbons (Fsp3) is 0.474. The van der Waals surface area contributed by atoms with Gasteiger partial charge in [0, 0.05) is 26.1 Å². The Balaban J connectivity index is 1.94. The molecule has 4 aliphatic rings. The zero-order valence-electron chi connectivity index (χ0n) is 12.9. The van der Waals surface area contributed by atoms with E-state index in [1.165, 1.54) is 40.7 Å². The van der Waals surface area contributed by atoms with Crippen molar-refractivity contribution in [3.8, 4) is 0 Å². The average Bonchev–Trinajstić information content (AvgIpc) is 2.52. The van der Waals surface area contributed by atoms with Gasteiger partial charge in [-0.3, -0.25) is 0 Å². The van der Waals surface area contributed by atoms with Gasteiger partial charge in [-0.2, -0.15) is 0 Å². The lowest BCUT2D eigenvalue weighted by Crippen LogP contribution is -2.35. The third-order valence-corrected chi connectivity index (χ3v) is 5.49. The highest BCUT2D eigenvalue weighted by Gasteiger charge is 2.45. The Morgan fingerprint density at radius 2 is 1.52 bits per heavy atom. The molecular formula is C19H22O2. The minimum atomic E-state index is 0.0963. The molecule has 0 aromatic heterocycles. The van der Waals surface area contributed by atoms with Gasteiger partial charge in [0.15, 0.2) is 0 Å². The van der Waals surface area contributed by atoms with Crippen LogP contribution in [0.4, 0.5) is 0 Å². The Morgan fingerprint density at radius 1 is 0.905 bits per heavy atom. The first-order chi connectivity index (χ1) is 10.3. The lowest BCUT2D eigenvalue weighted by Gasteiger charge is -2.47. The van der Waals surface area contributed by atoms with Gasteiger partial charge in [-0.1, -0.05) is 35.9 Å². The van der Waals surface area contributed by atoms with E-state index in [-0.39, 0.29) is 12.2 Å². The second kappa shape index (κ2) is 4.82. The van der Waals surface area contributed by atoms with Crippen molar-refractivity contribution in [3.05, 3.63) is 58.2 Å². The molecule has 5 rings (SSSR count). The summed E-state index contributed by atoms with van der Waals surface area (Å²) < 4.78 is 11.9. The van der Waals surface area contributed by atoms with Crippen LogP contribution in [-0.4, -0.2) is 14.2 Å². The summed E-state index contributed by atoms with van der Waals surface area (Å²) in [6, 6.07) is 8.59. The number of benzene rings is 1. The van der Waals surface area contributed by atoms with Gasteiger partial charge in [0.2, 0.25) is 0 Å². The third-order valence-electron chi connectivity index (χ3n) is 5.49. The van der Waals surface area contributed by atoms with Crippen molar-refractivity contribution >= 4 is 0 Å². The zero-order valence-corrected chi connectivity index (χ0v) is 12.9. The molecule has 1 aromatic carbocycles. The topological polar surface area (TPSA) is 18.5 Å². The third kappa shape index (κ3) is 1.72. The molecule has 2 heteroatoms. The standard InChI is InChI=1S/C19H22O2/c1-11-10-12-8-9-13(11)17-16(12)18(20-2)14-6-4-5-7-15(14)19(17)21-3/h4-7,10,12-13,18-19H,8-9H2,1-3H3/t12-,13+,18+,19-/m0/s1. The number of ether oxygens (including phenoxy) is 2. The van der Waals surface area contributed by atoms with Crippen LogP contribution in [0.5, 0.6) is 0 Å². The van der Waals surface area contributed by atoms with Gasteiger partial charge in [-0.05, 0) is 42.0 Å². The maximum atomic E-state index is 5.94. The minimum absolute atomic E-state index is 0.0963. The molecule has 0 amide bonds. The molecule has 21 heavy (non-hydrogen) atoms. The maximum absolute atomic E-state index is 5.94. The summed E-state index contributed by atoms with van der Waals surface area (Å²) in [6.07, 6.45) is 5.15. The quantitative estimate of drug-likeness (QED) is 0.750. The van der Waals surface area contributed by atoms with E-state index in [1.807, 2.05) is 14.2 Å². The molecule has 0 heterocycles. The summed E-state index contributed by atoms with van der Waals surface area (Å²) in [5, 5.41) is 0. The first-order valence-electron chi connectivity index (χ1n) is 7.82. The predicted octanol–water partition coefficient (Wildman–Crippen LogP) is 4.36. The molecule has 2 nitrogen and oxygen atoms in total. The van der Waals surface area contributed by atoms with E-state index in [1.54, 1.807) is 0 Å². The molecule has 0 saturated heterocycles. The van der Waals surface area contributed by atoms with Gasteiger partial charge in [0.25, 0.3) is 0 Å². The van der Waals surface area contributed by atoms with E-state index in [0.717, 1.165) is 0 Å². The van der Waals surface area contributed by atoms with Crippen molar-refractivity contribution < 1.29 is 9.47 Å². The number of hydrogen-bond donors (Lipinski definition) is 0. The molecule has 0 unspecified atom stereocenters. The van der Waals surface area contributed by atoms with Crippen LogP contribution in [0.1, 0.15) is 43.1 Å². The van der Waals surface area contributed by atoms with Gasteiger partial charge in [-0.15, -0.1) is 0 Å². The molecule has 110 valence electrons. The summed E-state index contributed by atoms with van der Waals surface area (Å²) in [4.78, 5) is 0. The first kappa shape index (κ1) is 13.3. The zero-order chi connectivity index (χ0) is 14.6. The van der Waals surface area contributed by atoms with Crippen LogP contribution in [0.15, 0.2) is 47.1 Å². The molecule has 0 fully saturated rings. The highest BCUT2D eigenvalue weighted by molar-refractivity contribution is 5.53. The van der Waals surface area contributed by atoms with E-state index < -0.39 is 0 Å². The van der Waals surface area contributed by atoms with Crippen LogP contribution in [0.25, 0.3) is 0 Å². The van der Waals surface area contributed by atoms with Crippen molar-refractivity contribution in [2.45, 2.75) is 32.0 Å². The molecule has 0 saturated carbocycles. The van der Waals surface area contributed by atoms with E-state index in [0.29, 0.717) is 11.8 Å². The van der Waals surface area contributed by atoms with Crippen LogP contribution in [-0.2, 0) is 9.47 Å². The van der Waals surface area contributed by atoms with Crippen LogP contribution < -0.4 is 0 Å². The Hall–Kier alpha value is -1.38. The lowest BCUT2D eigenvalue weighted by molar-refractivity contribution is 0.0764. The van der Waals surface area contributed by atoms with Gasteiger partial charge in [0.1, 0.15) is 12.2 Å². The van der Waals surface area contributed by atoms with Gasteiger partial charge in [-0.25, -0.2) is 0 Å². The Kier molecular flexibility index (Phi) is 3.05. The SMILES string of the molecule is CO[C@@H]1C2=C([C@@H]3C=C(C)[C@H]2CC3)[C@H](OC)c2ccccc21. The molecule has 4 atom stereocenters. The van der Waals surface area contributed by atoms with Crippen LogP contribution >= 0.6 is 0 Å².